The molecule has 4 aromatic rings. The predicted octanol–water partition coefficient (Wildman–Crippen LogP) is 3.15. The number of nitrogens with zero attached hydrogens (tertiary/aromatic N) is 7. The Morgan fingerprint density at radius 2 is 1.92 bits per heavy atom. The minimum absolute atomic E-state index is 0.412. The lowest BCUT2D eigenvalue weighted by Crippen LogP contribution is -2.46. The summed E-state index contributed by atoms with van der Waals surface area (Å²) in [6, 6.07) is 7.19. The SMILES string of the molecule is COCCn1c(C)nc2ccc(-c3ccn4nc(N[C@H]5CC[C@H](N6CCOCC6)CC5)ncc34)nc21. The molecule has 2 aliphatic rings. The summed E-state index contributed by atoms with van der Waals surface area (Å²) < 4.78 is 14.8. The molecule has 36 heavy (non-hydrogen) atoms. The molecule has 4 aromatic heterocycles. The van der Waals surface area contributed by atoms with Crippen molar-refractivity contribution in [1.29, 1.82) is 0 Å². The van der Waals surface area contributed by atoms with Gasteiger partial charge in [-0.15, -0.1) is 5.10 Å². The first-order valence-corrected chi connectivity index (χ1v) is 13.0. The van der Waals surface area contributed by atoms with E-state index in [4.69, 9.17) is 19.6 Å². The molecule has 1 aliphatic carbocycles. The normalized spacial score (nSPS) is 21.4. The lowest BCUT2D eigenvalue weighted by atomic mass is 9.90. The summed E-state index contributed by atoms with van der Waals surface area (Å²) in [5.41, 5.74) is 4.58. The van der Waals surface area contributed by atoms with Crippen LogP contribution in [0.4, 0.5) is 5.95 Å². The highest BCUT2D eigenvalue weighted by molar-refractivity contribution is 5.82. The fourth-order valence-electron chi connectivity index (χ4n) is 5.61. The second-order valence-corrected chi connectivity index (χ2v) is 9.78. The molecule has 0 radical (unpaired) electrons. The van der Waals surface area contributed by atoms with Gasteiger partial charge in [0, 0.05) is 50.6 Å². The molecule has 0 atom stereocenters. The van der Waals surface area contributed by atoms with Crippen molar-refractivity contribution in [2.24, 2.45) is 0 Å². The average molecular weight is 491 g/mol. The third-order valence-corrected chi connectivity index (χ3v) is 7.59. The van der Waals surface area contributed by atoms with E-state index in [1.54, 1.807) is 7.11 Å². The Balaban J connectivity index is 1.17. The van der Waals surface area contributed by atoms with Gasteiger partial charge in [-0.2, -0.15) is 0 Å². The maximum absolute atomic E-state index is 5.51. The summed E-state index contributed by atoms with van der Waals surface area (Å²) in [5.74, 6) is 1.61. The number of aromatic nitrogens is 6. The van der Waals surface area contributed by atoms with E-state index in [1.807, 2.05) is 36.0 Å². The molecule has 10 nitrogen and oxygen atoms in total. The first kappa shape index (κ1) is 23.3. The fourth-order valence-corrected chi connectivity index (χ4v) is 5.61. The van der Waals surface area contributed by atoms with Gasteiger partial charge in [-0.1, -0.05) is 0 Å². The van der Waals surface area contributed by atoms with Crippen LogP contribution in [0.25, 0.3) is 27.9 Å². The molecule has 2 fully saturated rings. The molecule has 6 rings (SSSR count). The van der Waals surface area contributed by atoms with Crippen molar-refractivity contribution >= 4 is 22.6 Å². The Morgan fingerprint density at radius 1 is 1.08 bits per heavy atom. The minimum Gasteiger partial charge on any atom is -0.383 e. The van der Waals surface area contributed by atoms with Gasteiger partial charge in [-0.05, 0) is 50.8 Å². The number of methoxy groups -OCH3 is 1. The van der Waals surface area contributed by atoms with Crippen LogP contribution in [0.2, 0.25) is 0 Å². The van der Waals surface area contributed by atoms with Gasteiger partial charge in [0.2, 0.25) is 5.95 Å². The Morgan fingerprint density at radius 3 is 2.72 bits per heavy atom. The first-order valence-electron chi connectivity index (χ1n) is 13.0. The van der Waals surface area contributed by atoms with Crippen molar-refractivity contribution in [2.45, 2.75) is 51.2 Å². The lowest BCUT2D eigenvalue weighted by Gasteiger charge is -2.38. The van der Waals surface area contributed by atoms with Crippen LogP contribution in [0.3, 0.4) is 0 Å². The van der Waals surface area contributed by atoms with Gasteiger partial charge < -0.3 is 19.4 Å². The van der Waals surface area contributed by atoms with E-state index in [0.29, 0.717) is 24.6 Å². The summed E-state index contributed by atoms with van der Waals surface area (Å²) in [6.45, 7) is 7.20. The van der Waals surface area contributed by atoms with Crippen molar-refractivity contribution in [2.75, 3.05) is 45.3 Å². The molecule has 10 heteroatoms. The summed E-state index contributed by atoms with van der Waals surface area (Å²) >= 11 is 0. The van der Waals surface area contributed by atoms with Crippen LogP contribution in [-0.4, -0.2) is 86.1 Å². The monoisotopic (exact) mass is 490 g/mol. The Kier molecular flexibility index (Phi) is 6.56. The van der Waals surface area contributed by atoms with Crippen LogP contribution in [-0.2, 0) is 16.0 Å². The quantitative estimate of drug-likeness (QED) is 0.422. The smallest absolute Gasteiger partial charge is 0.241 e. The molecule has 1 saturated heterocycles. The zero-order valence-corrected chi connectivity index (χ0v) is 21.1. The van der Waals surface area contributed by atoms with Crippen LogP contribution in [0.15, 0.2) is 30.6 Å². The van der Waals surface area contributed by atoms with E-state index < -0.39 is 0 Å². The largest absolute Gasteiger partial charge is 0.383 e. The number of hydrogen-bond donors (Lipinski definition) is 1. The maximum Gasteiger partial charge on any atom is 0.241 e. The molecule has 190 valence electrons. The van der Waals surface area contributed by atoms with Gasteiger partial charge in [0.15, 0.2) is 5.65 Å². The molecule has 0 aromatic carbocycles. The number of morpholine rings is 1. The number of rotatable bonds is 7. The number of ether oxygens (including phenoxy) is 2. The van der Waals surface area contributed by atoms with Gasteiger partial charge in [0.05, 0.1) is 37.2 Å². The second kappa shape index (κ2) is 10.1. The van der Waals surface area contributed by atoms with Crippen molar-refractivity contribution < 1.29 is 9.47 Å². The summed E-state index contributed by atoms with van der Waals surface area (Å²) in [6.07, 6.45) is 8.57. The number of hydrogen-bond acceptors (Lipinski definition) is 8. The zero-order chi connectivity index (χ0) is 24.5. The molecule has 0 spiro atoms. The van der Waals surface area contributed by atoms with Crippen molar-refractivity contribution in [3.8, 4) is 11.3 Å². The zero-order valence-electron chi connectivity index (χ0n) is 21.1. The average Bonchev–Trinajstić information content (AvgIpc) is 3.47. The molecule has 1 aliphatic heterocycles. The molecule has 0 amide bonds. The van der Waals surface area contributed by atoms with Gasteiger partial charge >= 0.3 is 0 Å². The number of imidazole rings is 1. The van der Waals surface area contributed by atoms with E-state index in [2.05, 4.69) is 30.8 Å². The van der Waals surface area contributed by atoms with Gasteiger partial charge in [0.25, 0.3) is 0 Å². The van der Waals surface area contributed by atoms with E-state index >= 15 is 0 Å². The van der Waals surface area contributed by atoms with E-state index in [9.17, 15) is 0 Å². The molecule has 1 N–H and O–H groups in total. The third kappa shape index (κ3) is 4.56. The number of pyridine rings is 1. The highest BCUT2D eigenvalue weighted by Crippen LogP contribution is 2.28. The molecular weight excluding hydrogens is 456 g/mol. The van der Waals surface area contributed by atoms with E-state index in [1.165, 1.54) is 12.8 Å². The van der Waals surface area contributed by atoms with Crippen LogP contribution < -0.4 is 5.32 Å². The first-order chi connectivity index (χ1) is 17.7. The molecule has 0 bridgehead atoms. The van der Waals surface area contributed by atoms with Crippen LogP contribution >= 0.6 is 0 Å². The van der Waals surface area contributed by atoms with Gasteiger partial charge in [-0.25, -0.2) is 19.5 Å². The van der Waals surface area contributed by atoms with Gasteiger partial charge in [-0.3, -0.25) is 4.90 Å². The van der Waals surface area contributed by atoms with E-state index in [0.717, 1.165) is 79.5 Å². The Labute approximate surface area is 210 Å². The number of aryl methyl sites for hydroxylation is 1. The lowest BCUT2D eigenvalue weighted by molar-refractivity contribution is 0.00790. The number of nitrogens with one attached hydrogen (secondary N) is 1. The van der Waals surface area contributed by atoms with Crippen molar-refractivity contribution in [1.82, 2.24) is 34.0 Å². The second-order valence-electron chi connectivity index (χ2n) is 9.78. The van der Waals surface area contributed by atoms with Crippen molar-refractivity contribution in [3.63, 3.8) is 0 Å². The number of anilines is 1. The third-order valence-electron chi connectivity index (χ3n) is 7.59. The molecule has 0 unspecified atom stereocenters. The standard InChI is InChI=1S/C26H34N8O2/c1-18-28-23-8-7-22(30-25(23)33(18)13-14-35-2)21-9-10-34-24(21)17-27-26(31-34)29-19-3-5-20(6-4-19)32-11-15-36-16-12-32/h7-10,17,19-20H,3-6,11-16H2,1-2H3,(H,29,31)/t19-,20-. The van der Waals surface area contributed by atoms with E-state index in [-0.39, 0.29) is 0 Å². The highest BCUT2D eigenvalue weighted by Gasteiger charge is 2.27. The summed E-state index contributed by atoms with van der Waals surface area (Å²) in [7, 11) is 1.71. The predicted molar refractivity (Wildman–Crippen MR) is 138 cm³/mol. The maximum atomic E-state index is 5.51. The Hall–Kier alpha value is -3.08. The summed E-state index contributed by atoms with van der Waals surface area (Å²) in [4.78, 5) is 16.9. The molecule has 1 saturated carbocycles. The molecule has 5 heterocycles. The topological polar surface area (TPSA) is 94.6 Å². The Bertz CT molecular complexity index is 1330. The van der Waals surface area contributed by atoms with Crippen molar-refractivity contribution in [3.05, 3.63) is 36.4 Å². The number of fused-ring (bicyclic) bond motifs is 2. The minimum atomic E-state index is 0.412. The molecular formula is C26H34N8O2. The fraction of sp³-hybridized carbons (Fsp3) is 0.538. The van der Waals surface area contributed by atoms with Crippen LogP contribution in [0.5, 0.6) is 0 Å². The summed E-state index contributed by atoms with van der Waals surface area (Å²) in [5, 5.41) is 8.33. The van der Waals surface area contributed by atoms with Crippen LogP contribution in [0, 0.1) is 6.92 Å². The van der Waals surface area contributed by atoms with Crippen LogP contribution in [0.1, 0.15) is 31.5 Å². The van der Waals surface area contributed by atoms with Gasteiger partial charge in [0.1, 0.15) is 11.3 Å². The highest BCUT2D eigenvalue weighted by atomic mass is 16.5.